The molecular weight excluding hydrogens is 228 g/mol. The molecule has 0 aliphatic rings. The van der Waals surface area contributed by atoms with E-state index in [-0.39, 0.29) is 5.41 Å². The molecule has 2 rings (SSSR count). The van der Waals surface area contributed by atoms with Crippen LogP contribution in [0.2, 0.25) is 0 Å². The fraction of sp³-hybridized carbons (Fsp3) is 0.417. The molecule has 0 radical (unpaired) electrons. The van der Waals surface area contributed by atoms with Gasteiger partial charge < -0.3 is 5.43 Å². The molecule has 6 nitrogen and oxygen atoms in total. The molecule has 0 unspecified atom stereocenters. The summed E-state index contributed by atoms with van der Waals surface area (Å²) in [6.07, 6.45) is 3.62. The number of aromatic nitrogens is 4. The first kappa shape index (κ1) is 12.5. The smallest absolute Gasteiger partial charge is 0.165 e. The summed E-state index contributed by atoms with van der Waals surface area (Å²) in [6.45, 7) is 6.30. The van der Waals surface area contributed by atoms with Gasteiger partial charge in [0.2, 0.25) is 0 Å². The van der Waals surface area contributed by atoms with E-state index < -0.39 is 0 Å². The molecule has 0 atom stereocenters. The van der Waals surface area contributed by atoms with Gasteiger partial charge in [0.05, 0.1) is 17.5 Å². The Hall–Kier alpha value is -1.95. The predicted octanol–water partition coefficient (Wildman–Crippen LogP) is 1.46. The van der Waals surface area contributed by atoms with E-state index in [0.29, 0.717) is 11.6 Å². The van der Waals surface area contributed by atoms with Crippen LogP contribution in [0.5, 0.6) is 0 Å². The van der Waals surface area contributed by atoms with E-state index in [2.05, 4.69) is 41.3 Å². The van der Waals surface area contributed by atoms with Crippen molar-refractivity contribution in [2.24, 2.45) is 12.9 Å². The van der Waals surface area contributed by atoms with E-state index in [0.717, 1.165) is 11.3 Å². The SMILES string of the molecule is Cn1cc(-c2nc(NN)cc(C(C)(C)C)n2)cn1. The number of aryl methyl sites for hydroxylation is 1. The zero-order valence-electron chi connectivity index (χ0n) is 11.1. The third-order valence-corrected chi connectivity index (χ3v) is 2.61. The lowest BCUT2D eigenvalue weighted by Gasteiger charge is -2.19. The van der Waals surface area contributed by atoms with Gasteiger partial charge in [-0.2, -0.15) is 5.10 Å². The van der Waals surface area contributed by atoms with Crippen LogP contribution >= 0.6 is 0 Å². The zero-order chi connectivity index (χ0) is 13.3. The molecular formula is C12H18N6. The van der Waals surface area contributed by atoms with Gasteiger partial charge in [-0.1, -0.05) is 20.8 Å². The quantitative estimate of drug-likeness (QED) is 0.619. The van der Waals surface area contributed by atoms with Gasteiger partial charge in [0.25, 0.3) is 0 Å². The second-order valence-electron chi connectivity index (χ2n) is 5.26. The van der Waals surface area contributed by atoms with E-state index in [1.807, 2.05) is 19.3 Å². The topological polar surface area (TPSA) is 81.7 Å². The Labute approximate surface area is 106 Å². The summed E-state index contributed by atoms with van der Waals surface area (Å²) in [5.41, 5.74) is 4.32. The van der Waals surface area contributed by atoms with Crippen molar-refractivity contribution in [3.05, 3.63) is 24.2 Å². The summed E-state index contributed by atoms with van der Waals surface area (Å²) >= 11 is 0. The van der Waals surface area contributed by atoms with Crippen molar-refractivity contribution in [1.82, 2.24) is 19.7 Å². The molecule has 6 heteroatoms. The normalized spacial score (nSPS) is 11.6. The van der Waals surface area contributed by atoms with Crippen LogP contribution < -0.4 is 11.3 Å². The molecule has 0 aliphatic heterocycles. The number of anilines is 1. The minimum Gasteiger partial charge on any atom is -0.308 e. The van der Waals surface area contributed by atoms with Crippen LogP contribution in [0.25, 0.3) is 11.4 Å². The van der Waals surface area contributed by atoms with Crippen molar-refractivity contribution >= 4 is 5.82 Å². The van der Waals surface area contributed by atoms with Crippen molar-refractivity contribution in [2.75, 3.05) is 5.43 Å². The van der Waals surface area contributed by atoms with Crippen molar-refractivity contribution in [1.29, 1.82) is 0 Å². The predicted molar refractivity (Wildman–Crippen MR) is 70.7 cm³/mol. The molecule has 2 aromatic heterocycles. The van der Waals surface area contributed by atoms with Crippen molar-refractivity contribution in [3.8, 4) is 11.4 Å². The van der Waals surface area contributed by atoms with Gasteiger partial charge in [-0.25, -0.2) is 15.8 Å². The van der Waals surface area contributed by atoms with Crippen LogP contribution in [0.15, 0.2) is 18.5 Å². The Morgan fingerprint density at radius 2 is 2.00 bits per heavy atom. The lowest BCUT2D eigenvalue weighted by atomic mass is 9.92. The maximum atomic E-state index is 5.45. The van der Waals surface area contributed by atoms with Crippen LogP contribution in [0.3, 0.4) is 0 Å². The molecule has 0 aromatic carbocycles. The van der Waals surface area contributed by atoms with Gasteiger partial charge in [0.15, 0.2) is 5.82 Å². The summed E-state index contributed by atoms with van der Waals surface area (Å²) < 4.78 is 1.72. The van der Waals surface area contributed by atoms with Crippen LogP contribution in [0.1, 0.15) is 26.5 Å². The summed E-state index contributed by atoms with van der Waals surface area (Å²) in [6, 6.07) is 1.86. The number of nitrogens with one attached hydrogen (secondary N) is 1. The molecule has 0 fully saturated rings. The number of nitrogens with zero attached hydrogens (tertiary/aromatic N) is 4. The lowest BCUT2D eigenvalue weighted by molar-refractivity contribution is 0.568. The fourth-order valence-corrected chi connectivity index (χ4v) is 1.57. The third kappa shape index (κ3) is 2.48. The zero-order valence-corrected chi connectivity index (χ0v) is 11.1. The number of hydrogen-bond acceptors (Lipinski definition) is 5. The number of rotatable bonds is 2. The second-order valence-corrected chi connectivity index (χ2v) is 5.26. The monoisotopic (exact) mass is 246 g/mol. The van der Waals surface area contributed by atoms with Gasteiger partial charge in [-0.15, -0.1) is 0 Å². The molecule has 0 saturated carbocycles. The Bertz CT molecular complexity index is 552. The second kappa shape index (κ2) is 4.38. The summed E-state index contributed by atoms with van der Waals surface area (Å²) in [7, 11) is 1.86. The summed E-state index contributed by atoms with van der Waals surface area (Å²) in [5.74, 6) is 6.69. The molecule has 0 amide bonds. The number of nitrogen functional groups attached to an aromatic ring is 1. The van der Waals surface area contributed by atoms with E-state index in [4.69, 9.17) is 5.84 Å². The van der Waals surface area contributed by atoms with Gasteiger partial charge in [-0.05, 0) is 0 Å². The maximum absolute atomic E-state index is 5.45. The largest absolute Gasteiger partial charge is 0.308 e. The molecule has 96 valence electrons. The van der Waals surface area contributed by atoms with Crippen molar-refractivity contribution in [2.45, 2.75) is 26.2 Å². The van der Waals surface area contributed by atoms with Crippen molar-refractivity contribution < 1.29 is 0 Å². The highest BCUT2D eigenvalue weighted by Gasteiger charge is 2.18. The van der Waals surface area contributed by atoms with Crippen LogP contribution in [0, 0.1) is 0 Å². The van der Waals surface area contributed by atoms with Crippen LogP contribution in [-0.2, 0) is 12.5 Å². The molecule has 18 heavy (non-hydrogen) atoms. The summed E-state index contributed by atoms with van der Waals surface area (Å²) in [4.78, 5) is 8.92. The maximum Gasteiger partial charge on any atom is 0.165 e. The van der Waals surface area contributed by atoms with Gasteiger partial charge in [0.1, 0.15) is 5.82 Å². The van der Waals surface area contributed by atoms with E-state index in [9.17, 15) is 0 Å². The molecule has 2 aromatic rings. The first-order valence-electron chi connectivity index (χ1n) is 5.75. The Morgan fingerprint density at radius 1 is 1.28 bits per heavy atom. The number of nitrogens with two attached hydrogens (primary N) is 1. The minimum atomic E-state index is -0.0640. The van der Waals surface area contributed by atoms with E-state index in [1.54, 1.807) is 10.9 Å². The number of hydrogen-bond donors (Lipinski definition) is 2. The first-order chi connectivity index (χ1) is 8.40. The van der Waals surface area contributed by atoms with Crippen molar-refractivity contribution in [3.63, 3.8) is 0 Å². The Kier molecular flexibility index (Phi) is 3.04. The molecule has 0 aliphatic carbocycles. The van der Waals surface area contributed by atoms with E-state index >= 15 is 0 Å². The van der Waals surface area contributed by atoms with Crippen LogP contribution in [0.4, 0.5) is 5.82 Å². The Morgan fingerprint density at radius 3 is 2.50 bits per heavy atom. The highest BCUT2D eigenvalue weighted by atomic mass is 15.3. The first-order valence-corrected chi connectivity index (χ1v) is 5.75. The molecule has 0 saturated heterocycles. The van der Waals surface area contributed by atoms with E-state index in [1.165, 1.54) is 0 Å². The molecule has 0 spiro atoms. The number of hydrazine groups is 1. The standard InChI is InChI=1S/C12H18N6/c1-12(2,3)9-5-10(17-13)16-11(15-9)8-6-14-18(4)7-8/h5-7H,13H2,1-4H3,(H,15,16,17). The minimum absolute atomic E-state index is 0.0640. The molecule has 3 N–H and O–H groups in total. The molecule has 0 bridgehead atoms. The fourth-order valence-electron chi connectivity index (χ4n) is 1.57. The average Bonchev–Trinajstić information content (AvgIpc) is 2.74. The third-order valence-electron chi connectivity index (χ3n) is 2.61. The highest BCUT2D eigenvalue weighted by Crippen LogP contribution is 2.25. The lowest BCUT2D eigenvalue weighted by Crippen LogP contribution is -2.17. The highest BCUT2D eigenvalue weighted by molar-refractivity contribution is 5.55. The van der Waals surface area contributed by atoms with Crippen LogP contribution in [-0.4, -0.2) is 19.7 Å². The van der Waals surface area contributed by atoms with Gasteiger partial charge in [0, 0.05) is 24.7 Å². The van der Waals surface area contributed by atoms with Gasteiger partial charge >= 0.3 is 0 Å². The van der Waals surface area contributed by atoms with Gasteiger partial charge in [-0.3, -0.25) is 4.68 Å². The summed E-state index contributed by atoms with van der Waals surface area (Å²) in [5, 5.41) is 4.13. The average molecular weight is 246 g/mol. The molecule has 2 heterocycles. The Balaban J connectivity index is 2.54.